The van der Waals surface area contributed by atoms with Crippen LogP contribution in [0, 0.1) is 6.92 Å². The van der Waals surface area contributed by atoms with Gasteiger partial charge < -0.3 is 10.2 Å². The maximum absolute atomic E-state index is 11.1. The van der Waals surface area contributed by atoms with Crippen molar-refractivity contribution in [2.45, 2.75) is 45.8 Å². The molecular weight excluding hydrogens is 210 g/mol. The highest BCUT2D eigenvalue weighted by Crippen LogP contribution is 2.17. The lowest BCUT2D eigenvalue weighted by molar-refractivity contribution is -0.144. The molecule has 0 radical (unpaired) electrons. The molecule has 2 atom stereocenters. The van der Waals surface area contributed by atoms with Crippen molar-refractivity contribution in [3.8, 4) is 0 Å². The summed E-state index contributed by atoms with van der Waals surface area (Å²) in [6, 6.07) is -1.02. The first-order valence-corrected chi connectivity index (χ1v) is 5.30. The molecule has 0 aliphatic carbocycles. The zero-order valence-corrected chi connectivity index (χ0v) is 9.71. The van der Waals surface area contributed by atoms with Crippen LogP contribution in [0.15, 0.2) is 0 Å². The van der Waals surface area contributed by atoms with E-state index in [0.29, 0.717) is 18.1 Å². The van der Waals surface area contributed by atoms with Gasteiger partial charge in [-0.3, -0.25) is 4.57 Å². The highest BCUT2D eigenvalue weighted by Gasteiger charge is 2.28. The van der Waals surface area contributed by atoms with Crippen molar-refractivity contribution in [2.75, 3.05) is 0 Å². The quantitative estimate of drug-likeness (QED) is 0.766. The highest BCUT2D eigenvalue weighted by atomic mass is 16.4. The zero-order chi connectivity index (χ0) is 12.3. The van der Waals surface area contributed by atoms with Crippen molar-refractivity contribution >= 4 is 5.97 Å². The topological polar surface area (TPSA) is 88.2 Å². The number of hydrogen-bond donors (Lipinski definition) is 2. The molecular formula is C10H17N3O3. The number of aliphatic hydroxyl groups is 1. The van der Waals surface area contributed by atoms with Gasteiger partial charge in [0.25, 0.3) is 0 Å². The van der Waals surface area contributed by atoms with E-state index in [9.17, 15) is 9.90 Å². The average molecular weight is 227 g/mol. The third kappa shape index (κ3) is 2.38. The molecule has 6 nitrogen and oxygen atoms in total. The molecule has 0 saturated heterocycles. The first-order chi connectivity index (χ1) is 7.49. The lowest BCUT2D eigenvalue weighted by atomic mass is 10.1. The molecule has 1 rings (SSSR count). The van der Waals surface area contributed by atoms with E-state index < -0.39 is 18.1 Å². The summed E-state index contributed by atoms with van der Waals surface area (Å²) in [5.41, 5.74) is 0. The smallest absolute Gasteiger partial charge is 0.329 e. The predicted octanol–water partition coefficient (Wildman–Crippen LogP) is 0.546. The minimum atomic E-state index is -1.07. The number of nitrogens with zero attached hydrogens (tertiary/aromatic N) is 3. The molecule has 1 heterocycles. The van der Waals surface area contributed by atoms with Gasteiger partial charge in [-0.05, 0) is 20.3 Å². The maximum Gasteiger partial charge on any atom is 0.329 e. The van der Waals surface area contributed by atoms with Gasteiger partial charge in [0.15, 0.2) is 6.04 Å². The molecule has 0 aromatic carbocycles. The summed E-state index contributed by atoms with van der Waals surface area (Å²) in [6.45, 7) is 5.12. The van der Waals surface area contributed by atoms with Crippen molar-refractivity contribution < 1.29 is 15.0 Å². The number of rotatable bonds is 5. The third-order valence-electron chi connectivity index (χ3n) is 2.40. The number of carboxylic acids is 1. The minimum absolute atomic E-state index is 0.511. The Hall–Kier alpha value is -1.43. The van der Waals surface area contributed by atoms with E-state index in [1.165, 1.54) is 11.5 Å². The van der Waals surface area contributed by atoms with Crippen LogP contribution >= 0.6 is 0 Å². The van der Waals surface area contributed by atoms with Crippen LogP contribution in [0.25, 0.3) is 0 Å². The second kappa shape index (κ2) is 5.07. The Balaban J connectivity index is 3.16. The predicted molar refractivity (Wildman–Crippen MR) is 57.1 cm³/mol. The Labute approximate surface area is 93.9 Å². The van der Waals surface area contributed by atoms with Crippen LogP contribution < -0.4 is 0 Å². The molecule has 0 fully saturated rings. The van der Waals surface area contributed by atoms with Gasteiger partial charge >= 0.3 is 5.97 Å². The number of aromatic nitrogens is 3. The van der Waals surface area contributed by atoms with E-state index in [0.717, 1.165) is 6.42 Å². The Morgan fingerprint density at radius 1 is 1.50 bits per heavy atom. The van der Waals surface area contributed by atoms with Crippen LogP contribution in [0.4, 0.5) is 0 Å². The first-order valence-electron chi connectivity index (χ1n) is 5.30. The van der Waals surface area contributed by atoms with Crippen molar-refractivity contribution in [1.29, 1.82) is 0 Å². The van der Waals surface area contributed by atoms with Crippen LogP contribution in [0.5, 0.6) is 0 Å². The zero-order valence-electron chi connectivity index (χ0n) is 9.71. The second-order valence-corrected chi connectivity index (χ2v) is 3.81. The van der Waals surface area contributed by atoms with Crippen LogP contribution in [0.1, 0.15) is 38.0 Å². The SMILES string of the molecule is CCCc1nnc(C)n1C(C(=O)O)C(C)O. The number of hydrogen-bond acceptors (Lipinski definition) is 4. The van der Waals surface area contributed by atoms with Gasteiger partial charge in [-0.25, -0.2) is 4.79 Å². The highest BCUT2D eigenvalue weighted by molar-refractivity contribution is 5.72. The van der Waals surface area contributed by atoms with Gasteiger partial charge in [0, 0.05) is 6.42 Å². The molecule has 0 aliphatic heterocycles. The van der Waals surface area contributed by atoms with Crippen molar-refractivity contribution in [1.82, 2.24) is 14.8 Å². The molecule has 6 heteroatoms. The molecule has 90 valence electrons. The summed E-state index contributed by atoms with van der Waals surface area (Å²) in [6.07, 6.45) is 0.518. The van der Waals surface area contributed by atoms with Crippen molar-refractivity contribution in [3.63, 3.8) is 0 Å². The van der Waals surface area contributed by atoms with E-state index in [2.05, 4.69) is 10.2 Å². The van der Waals surface area contributed by atoms with Gasteiger partial charge in [0.05, 0.1) is 6.10 Å². The Bertz CT molecular complexity index is 373. The maximum atomic E-state index is 11.1. The number of aryl methyl sites for hydroxylation is 2. The molecule has 2 N–H and O–H groups in total. The molecule has 16 heavy (non-hydrogen) atoms. The number of aliphatic carboxylic acids is 1. The molecule has 1 aromatic rings. The molecule has 0 bridgehead atoms. The van der Waals surface area contributed by atoms with Crippen molar-refractivity contribution in [2.24, 2.45) is 0 Å². The third-order valence-corrected chi connectivity index (χ3v) is 2.40. The van der Waals surface area contributed by atoms with Gasteiger partial charge in [-0.1, -0.05) is 6.92 Å². The first kappa shape index (κ1) is 12.6. The lowest BCUT2D eigenvalue weighted by Gasteiger charge is -2.19. The van der Waals surface area contributed by atoms with E-state index in [1.807, 2.05) is 6.92 Å². The Morgan fingerprint density at radius 3 is 2.56 bits per heavy atom. The van der Waals surface area contributed by atoms with Crippen molar-refractivity contribution in [3.05, 3.63) is 11.6 Å². The fourth-order valence-corrected chi connectivity index (χ4v) is 1.70. The summed E-state index contributed by atoms with van der Waals surface area (Å²) < 4.78 is 1.50. The van der Waals surface area contributed by atoms with Crippen LogP contribution in [0.2, 0.25) is 0 Å². The number of aliphatic hydroxyl groups excluding tert-OH is 1. The molecule has 0 saturated carbocycles. The normalized spacial score (nSPS) is 14.8. The number of carboxylic acid groups (broad SMARTS) is 1. The van der Waals surface area contributed by atoms with E-state index in [4.69, 9.17) is 5.11 Å². The van der Waals surface area contributed by atoms with Crippen LogP contribution in [0.3, 0.4) is 0 Å². The van der Waals surface area contributed by atoms with E-state index >= 15 is 0 Å². The summed E-state index contributed by atoms with van der Waals surface area (Å²) in [5.74, 6) is 0.0419. The lowest BCUT2D eigenvalue weighted by Crippen LogP contribution is -2.31. The molecule has 2 unspecified atom stereocenters. The number of carbonyl (C=O) groups is 1. The molecule has 1 aromatic heterocycles. The summed E-state index contributed by atoms with van der Waals surface area (Å²) in [4.78, 5) is 11.1. The van der Waals surface area contributed by atoms with E-state index in [-0.39, 0.29) is 0 Å². The summed E-state index contributed by atoms with van der Waals surface area (Å²) >= 11 is 0. The van der Waals surface area contributed by atoms with Gasteiger partial charge in [-0.15, -0.1) is 10.2 Å². The van der Waals surface area contributed by atoms with Gasteiger partial charge in [0.1, 0.15) is 11.6 Å². The van der Waals surface area contributed by atoms with Gasteiger partial charge in [-0.2, -0.15) is 0 Å². The molecule has 0 spiro atoms. The monoisotopic (exact) mass is 227 g/mol. The molecule has 0 aliphatic rings. The standard InChI is InChI=1S/C10H17N3O3/c1-4-5-8-12-11-7(3)13(8)9(6(2)14)10(15)16/h6,9,14H,4-5H2,1-3H3,(H,15,16). The Kier molecular flexibility index (Phi) is 4.00. The fourth-order valence-electron chi connectivity index (χ4n) is 1.70. The average Bonchev–Trinajstić information content (AvgIpc) is 2.50. The fraction of sp³-hybridized carbons (Fsp3) is 0.700. The minimum Gasteiger partial charge on any atom is -0.480 e. The Morgan fingerprint density at radius 2 is 2.12 bits per heavy atom. The molecule has 0 amide bonds. The van der Waals surface area contributed by atoms with Gasteiger partial charge in [0.2, 0.25) is 0 Å². The van der Waals surface area contributed by atoms with Crippen LogP contribution in [-0.2, 0) is 11.2 Å². The summed E-state index contributed by atoms with van der Waals surface area (Å²) in [5, 5.41) is 26.4. The van der Waals surface area contributed by atoms with E-state index in [1.54, 1.807) is 6.92 Å². The second-order valence-electron chi connectivity index (χ2n) is 3.81. The van der Waals surface area contributed by atoms with Crippen LogP contribution in [-0.4, -0.2) is 37.1 Å². The largest absolute Gasteiger partial charge is 0.480 e. The summed E-state index contributed by atoms with van der Waals surface area (Å²) in [7, 11) is 0.